The van der Waals surface area contributed by atoms with Gasteiger partial charge in [-0.3, -0.25) is 9.35 Å². The molecule has 0 radical (unpaired) electrons. The van der Waals surface area contributed by atoms with E-state index in [1.807, 2.05) is 0 Å². The van der Waals surface area contributed by atoms with Crippen molar-refractivity contribution in [3.8, 4) is 0 Å². The van der Waals surface area contributed by atoms with Gasteiger partial charge >= 0.3 is 0 Å². The quantitative estimate of drug-likeness (QED) is 0.543. The predicted octanol–water partition coefficient (Wildman–Crippen LogP) is 0.765. The van der Waals surface area contributed by atoms with Crippen LogP contribution in [-0.4, -0.2) is 31.1 Å². The molecule has 0 rings (SSSR count). The fourth-order valence-corrected chi connectivity index (χ4v) is 1.12. The summed E-state index contributed by atoms with van der Waals surface area (Å²) in [6, 6.07) is 0. The van der Waals surface area contributed by atoms with Crippen molar-refractivity contribution in [1.82, 2.24) is 0 Å². The highest BCUT2D eigenvalue weighted by Gasteiger charge is 1.98. The van der Waals surface area contributed by atoms with Gasteiger partial charge in [-0.05, 0) is 25.5 Å². The van der Waals surface area contributed by atoms with E-state index in [1.165, 1.54) is 0 Å². The van der Waals surface area contributed by atoms with Gasteiger partial charge in [-0.15, -0.1) is 0 Å². The first-order valence-corrected chi connectivity index (χ1v) is 6.19. The lowest BCUT2D eigenvalue weighted by Crippen LogP contribution is -2.07. The zero-order chi connectivity index (χ0) is 12.5. The number of hydrogen-bond acceptors (Lipinski definition) is 4. The molecule has 0 aliphatic carbocycles. The predicted molar refractivity (Wildman–Crippen MR) is 60.2 cm³/mol. The van der Waals surface area contributed by atoms with Crippen LogP contribution in [0.1, 0.15) is 26.7 Å². The van der Waals surface area contributed by atoms with E-state index in [0.717, 1.165) is 0 Å². The van der Waals surface area contributed by atoms with Crippen LogP contribution in [0.2, 0.25) is 0 Å². The summed E-state index contributed by atoms with van der Waals surface area (Å²) in [7, 11) is -3.67. The lowest BCUT2D eigenvalue weighted by atomic mass is 10.2. The summed E-state index contributed by atoms with van der Waals surface area (Å²) in [4.78, 5) is 10.6. The Morgan fingerprint density at radius 1 is 1.47 bits per heavy atom. The molecule has 15 heavy (non-hydrogen) atoms. The van der Waals surface area contributed by atoms with E-state index in [1.54, 1.807) is 13.8 Å². The molecule has 0 saturated carbocycles. The van der Waals surface area contributed by atoms with Crippen LogP contribution < -0.4 is 5.73 Å². The largest absolute Gasteiger partial charge is 0.330 e. The second kappa shape index (κ2) is 8.58. The van der Waals surface area contributed by atoms with E-state index in [0.29, 0.717) is 25.0 Å². The van der Waals surface area contributed by atoms with Crippen LogP contribution in [0.4, 0.5) is 0 Å². The average molecular weight is 237 g/mol. The number of rotatable bonds is 5. The van der Waals surface area contributed by atoms with Crippen molar-refractivity contribution in [2.75, 3.05) is 12.3 Å². The first-order chi connectivity index (χ1) is 6.74. The standard InChI is InChI=1S/C6H11NO.C3H8O3S/c1-5(2)6(8)3-4-7;1-2-3-7(4,5)6/h1,3-4,7H2,2H3;2-3H2,1H3,(H,4,5,6). The van der Waals surface area contributed by atoms with Gasteiger partial charge in [0, 0.05) is 6.42 Å². The van der Waals surface area contributed by atoms with Crippen LogP contribution in [0, 0.1) is 0 Å². The van der Waals surface area contributed by atoms with Crippen molar-refractivity contribution >= 4 is 15.9 Å². The average Bonchev–Trinajstić information content (AvgIpc) is 2.03. The molecular formula is C9H19NO4S. The molecule has 0 fully saturated rings. The van der Waals surface area contributed by atoms with Crippen molar-refractivity contribution in [1.29, 1.82) is 0 Å². The monoisotopic (exact) mass is 237 g/mol. The minimum absolute atomic E-state index is 0.0625. The lowest BCUT2D eigenvalue weighted by Gasteiger charge is -1.92. The van der Waals surface area contributed by atoms with Crippen LogP contribution >= 0.6 is 0 Å². The molecule has 0 unspecified atom stereocenters. The van der Waals surface area contributed by atoms with Crippen LogP contribution in [0.3, 0.4) is 0 Å². The summed E-state index contributed by atoms with van der Waals surface area (Å²) >= 11 is 0. The van der Waals surface area contributed by atoms with E-state index < -0.39 is 10.1 Å². The number of carbonyl (C=O) groups is 1. The molecule has 5 nitrogen and oxygen atoms in total. The smallest absolute Gasteiger partial charge is 0.264 e. The first-order valence-electron chi connectivity index (χ1n) is 4.58. The molecule has 6 heteroatoms. The number of allylic oxidation sites excluding steroid dienone is 1. The van der Waals surface area contributed by atoms with Gasteiger partial charge in [0.25, 0.3) is 10.1 Å². The fraction of sp³-hybridized carbons (Fsp3) is 0.667. The maximum atomic E-state index is 10.6. The summed E-state index contributed by atoms with van der Waals surface area (Å²) in [6.07, 6.45) is 0.897. The summed E-state index contributed by atoms with van der Waals surface area (Å²) in [6.45, 7) is 7.27. The highest BCUT2D eigenvalue weighted by molar-refractivity contribution is 7.85. The van der Waals surface area contributed by atoms with Gasteiger partial charge in [0.05, 0.1) is 5.75 Å². The molecule has 0 amide bonds. The highest BCUT2D eigenvalue weighted by atomic mass is 32.2. The van der Waals surface area contributed by atoms with Gasteiger partial charge < -0.3 is 5.73 Å². The molecule has 0 spiro atoms. The molecule has 3 N–H and O–H groups in total. The Kier molecular flexibility index (Phi) is 9.55. The van der Waals surface area contributed by atoms with E-state index in [-0.39, 0.29) is 11.5 Å². The Hall–Kier alpha value is -0.720. The number of ketones is 1. The summed E-state index contributed by atoms with van der Waals surface area (Å²) in [5.74, 6) is -0.0694. The summed E-state index contributed by atoms with van der Waals surface area (Å²) in [5.41, 5.74) is 5.70. The van der Waals surface area contributed by atoms with E-state index >= 15 is 0 Å². The topological polar surface area (TPSA) is 97.5 Å². The Morgan fingerprint density at radius 2 is 1.93 bits per heavy atom. The van der Waals surface area contributed by atoms with Crippen LogP contribution in [0.15, 0.2) is 12.2 Å². The number of nitrogens with two attached hydrogens (primary N) is 1. The number of Topliss-reactive ketones (excluding diaryl/α,β-unsaturated/α-hetero) is 1. The molecular weight excluding hydrogens is 218 g/mol. The lowest BCUT2D eigenvalue weighted by molar-refractivity contribution is -0.115. The second-order valence-electron chi connectivity index (χ2n) is 3.03. The SMILES string of the molecule is C=C(C)C(=O)CCN.CCCS(=O)(=O)O. The normalized spacial score (nSPS) is 10.1. The molecule has 0 bridgehead atoms. The van der Waals surface area contributed by atoms with E-state index in [2.05, 4.69) is 6.58 Å². The van der Waals surface area contributed by atoms with E-state index in [4.69, 9.17) is 10.3 Å². The van der Waals surface area contributed by atoms with Gasteiger partial charge in [-0.2, -0.15) is 8.42 Å². The Bertz CT molecular complexity index is 295. The molecule has 0 saturated heterocycles. The van der Waals surface area contributed by atoms with Gasteiger partial charge in [0.1, 0.15) is 0 Å². The Morgan fingerprint density at radius 3 is 2.00 bits per heavy atom. The number of hydrogen-bond donors (Lipinski definition) is 2. The van der Waals surface area contributed by atoms with Crippen LogP contribution in [0.5, 0.6) is 0 Å². The highest BCUT2D eigenvalue weighted by Crippen LogP contribution is 1.91. The van der Waals surface area contributed by atoms with Gasteiger partial charge in [0.2, 0.25) is 0 Å². The third-order valence-electron chi connectivity index (χ3n) is 1.31. The molecule has 0 aromatic rings. The van der Waals surface area contributed by atoms with Crippen molar-refractivity contribution in [2.45, 2.75) is 26.7 Å². The van der Waals surface area contributed by atoms with Crippen LogP contribution in [-0.2, 0) is 14.9 Å². The fourth-order valence-electron chi connectivity index (χ4n) is 0.602. The summed E-state index contributed by atoms with van der Waals surface area (Å²) in [5, 5.41) is 0. The minimum atomic E-state index is -3.67. The zero-order valence-electron chi connectivity index (χ0n) is 9.19. The molecule has 90 valence electrons. The van der Waals surface area contributed by atoms with Gasteiger partial charge in [-0.25, -0.2) is 0 Å². The third-order valence-corrected chi connectivity index (χ3v) is 2.23. The van der Waals surface area contributed by atoms with Crippen molar-refractivity contribution in [3.63, 3.8) is 0 Å². The van der Waals surface area contributed by atoms with Gasteiger partial charge in [0.15, 0.2) is 5.78 Å². The zero-order valence-corrected chi connectivity index (χ0v) is 10.0. The van der Waals surface area contributed by atoms with E-state index in [9.17, 15) is 13.2 Å². The molecule has 0 atom stereocenters. The van der Waals surface area contributed by atoms with Crippen molar-refractivity contribution < 1.29 is 17.8 Å². The molecule has 0 aliphatic rings. The Labute approximate surface area is 91.1 Å². The number of carbonyl (C=O) groups excluding carboxylic acids is 1. The maximum absolute atomic E-state index is 10.6. The minimum Gasteiger partial charge on any atom is -0.330 e. The van der Waals surface area contributed by atoms with Gasteiger partial charge in [-0.1, -0.05) is 13.5 Å². The molecule has 0 aromatic heterocycles. The Balaban J connectivity index is 0. The molecule has 0 heterocycles. The third kappa shape index (κ3) is 16.0. The maximum Gasteiger partial charge on any atom is 0.264 e. The van der Waals surface area contributed by atoms with Crippen molar-refractivity contribution in [2.24, 2.45) is 5.73 Å². The molecule has 0 aromatic carbocycles. The summed E-state index contributed by atoms with van der Waals surface area (Å²) < 4.78 is 27.6. The first kappa shape index (κ1) is 16.7. The van der Waals surface area contributed by atoms with Crippen LogP contribution in [0.25, 0.3) is 0 Å². The second-order valence-corrected chi connectivity index (χ2v) is 4.60. The molecule has 0 aliphatic heterocycles. The van der Waals surface area contributed by atoms with Crippen molar-refractivity contribution in [3.05, 3.63) is 12.2 Å².